The van der Waals surface area contributed by atoms with Crippen LogP contribution in [0.3, 0.4) is 0 Å². The number of fused-ring (bicyclic) bond motifs is 2. The molecule has 2 atom stereocenters. The lowest BCUT2D eigenvalue weighted by molar-refractivity contribution is 0.190. The van der Waals surface area contributed by atoms with E-state index in [-0.39, 0.29) is 9.79 Å². The third-order valence-corrected chi connectivity index (χ3v) is 6.10. The van der Waals surface area contributed by atoms with Gasteiger partial charge in [-0.25, -0.2) is 18.4 Å². The summed E-state index contributed by atoms with van der Waals surface area (Å²) in [6, 6.07) is 9.19. The molecule has 0 bridgehead atoms. The number of hydrogen-bond donors (Lipinski definition) is 4. The van der Waals surface area contributed by atoms with Crippen LogP contribution in [0.1, 0.15) is 37.7 Å². The molecule has 0 unspecified atom stereocenters. The van der Waals surface area contributed by atoms with Gasteiger partial charge in [0.2, 0.25) is 9.84 Å². The van der Waals surface area contributed by atoms with Crippen LogP contribution < -0.4 is 0 Å². The van der Waals surface area contributed by atoms with Gasteiger partial charge in [-0.15, -0.1) is 0 Å². The normalized spacial score (nSPS) is 14.7. The van der Waals surface area contributed by atoms with E-state index in [9.17, 15) is 18.6 Å². The molecule has 0 amide bonds. The molecule has 2 aromatic heterocycles. The van der Waals surface area contributed by atoms with Gasteiger partial charge in [-0.1, -0.05) is 0 Å². The number of aromatic nitrogens is 4. The van der Waals surface area contributed by atoms with Crippen LogP contribution in [0.5, 0.6) is 0 Å². The van der Waals surface area contributed by atoms with Crippen LogP contribution in [0.15, 0.2) is 46.2 Å². The number of aliphatic hydroxyl groups is 2. The molecule has 0 aliphatic heterocycles. The second kappa shape index (κ2) is 6.15. The number of benzene rings is 2. The molecule has 0 aliphatic rings. The van der Waals surface area contributed by atoms with Crippen molar-refractivity contribution in [2.24, 2.45) is 0 Å². The summed E-state index contributed by atoms with van der Waals surface area (Å²) < 4.78 is 26.1. The van der Waals surface area contributed by atoms with Gasteiger partial charge < -0.3 is 20.2 Å². The molecule has 0 saturated carbocycles. The zero-order chi connectivity index (χ0) is 19.3. The Kier molecular flexibility index (Phi) is 4.02. The van der Waals surface area contributed by atoms with Gasteiger partial charge in [0.05, 0.1) is 31.9 Å². The lowest BCUT2D eigenvalue weighted by Gasteiger charge is -2.05. The Hall–Kier alpha value is -2.75. The quantitative estimate of drug-likeness (QED) is 0.426. The number of hydrogen-bond acceptors (Lipinski definition) is 6. The molecule has 2 heterocycles. The topological polar surface area (TPSA) is 132 Å². The fourth-order valence-corrected chi connectivity index (χ4v) is 4.20. The minimum Gasteiger partial charge on any atom is -0.385 e. The van der Waals surface area contributed by atoms with Crippen molar-refractivity contribution in [1.82, 2.24) is 19.9 Å². The molecule has 0 radical (unpaired) electrons. The van der Waals surface area contributed by atoms with E-state index in [1.165, 1.54) is 24.3 Å². The smallest absolute Gasteiger partial charge is 0.206 e. The fraction of sp³-hybridized carbons (Fsp3) is 0.222. The molecule has 4 N–H and O–H groups in total. The number of nitrogens with zero attached hydrogens (tertiary/aromatic N) is 2. The van der Waals surface area contributed by atoms with E-state index >= 15 is 0 Å². The molecular weight excluding hydrogens is 368 g/mol. The van der Waals surface area contributed by atoms with Crippen LogP contribution in [0, 0.1) is 0 Å². The first-order valence-corrected chi connectivity index (χ1v) is 9.84. The predicted octanol–water partition coefficient (Wildman–Crippen LogP) is 2.38. The predicted molar refractivity (Wildman–Crippen MR) is 98.9 cm³/mol. The minimum absolute atomic E-state index is 0.116. The molecule has 0 saturated heterocycles. The zero-order valence-electron chi connectivity index (χ0n) is 14.6. The SMILES string of the molecule is C[C@H](O)c1nc2ccc(S(=O)(=O)c3ccc4nc([C@@H](C)O)[nH]c4c3)cc2[nH]1. The Morgan fingerprint density at radius 2 is 1.22 bits per heavy atom. The molecule has 140 valence electrons. The maximum absolute atomic E-state index is 13.0. The number of H-pyrrole nitrogens is 2. The molecule has 4 rings (SSSR count). The van der Waals surface area contributed by atoms with Crippen molar-refractivity contribution < 1.29 is 18.6 Å². The van der Waals surface area contributed by atoms with E-state index in [4.69, 9.17) is 0 Å². The summed E-state index contributed by atoms with van der Waals surface area (Å²) in [5.41, 5.74) is 2.22. The van der Waals surface area contributed by atoms with Crippen molar-refractivity contribution in [2.45, 2.75) is 35.8 Å². The van der Waals surface area contributed by atoms with Crippen LogP contribution in [-0.4, -0.2) is 38.6 Å². The molecule has 0 spiro atoms. The maximum atomic E-state index is 13.0. The summed E-state index contributed by atoms with van der Waals surface area (Å²) in [5, 5.41) is 19.3. The molecule has 8 nitrogen and oxygen atoms in total. The third-order valence-electron chi connectivity index (χ3n) is 4.36. The van der Waals surface area contributed by atoms with Crippen molar-refractivity contribution in [3.8, 4) is 0 Å². The summed E-state index contributed by atoms with van der Waals surface area (Å²) >= 11 is 0. The molecule has 0 aliphatic carbocycles. The number of aliphatic hydroxyl groups excluding tert-OH is 2. The number of sulfone groups is 1. The Balaban J connectivity index is 1.80. The summed E-state index contributed by atoms with van der Waals surface area (Å²) in [6.45, 7) is 3.16. The molecule has 2 aromatic carbocycles. The van der Waals surface area contributed by atoms with Gasteiger partial charge in [-0.3, -0.25) is 0 Å². The summed E-state index contributed by atoms with van der Waals surface area (Å²) in [5.74, 6) is 0.758. The lowest BCUT2D eigenvalue weighted by Crippen LogP contribution is -2.01. The van der Waals surface area contributed by atoms with E-state index in [2.05, 4.69) is 19.9 Å². The average molecular weight is 386 g/mol. The highest BCUT2D eigenvalue weighted by molar-refractivity contribution is 7.91. The van der Waals surface area contributed by atoms with Gasteiger partial charge in [0.1, 0.15) is 23.9 Å². The standard InChI is InChI=1S/C18H18N4O4S/c1-9(23)17-19-13-5-3-11(7-15(13)21-17)27(25,26)12-4-6-14-16(8-12)22-18(20-14)10(2)24/h3-10,23-24H,1-2H3,(H,19,21)(H,20,22)/t9-,10+. The number of nitrogens with one attached hydrogen (secondary N) is 2. The highest BCUT2D eigenvalue weighted by Crippen LogP contribution is 2.27. The molecule has 0 fully saturated rings. The minimum atomic E-state index is -3.76. The highest BCUT2D eigenvalue weighted by atomic mass is 32.2. The molecule has 27 heavy (non-hydrogen) atoms. The van der Waals surface area contributed by atoms with E-state index in [1.807, 2.05) is 0 Å². The van der Waals surface area contributed by atoms with Crippen LogP contribution in [-0.2, 0) is 9.84 Å². The van der Waals surface area contributed by atoms with Crippen molar-refractivity contribution in [3.63, 3.8) is 0 Å². The third kappa shape index (κ3) is 2.99. The summed E-state index contributed by atoms with van der Waals surface area (Å²) in [4.78, 5) is 14.6. The van der Waals surface area contributed by atoms with E-state index < -0.39 is 22.0 Å². The summed E-state index contributed by atoms with van der Waals surface area (Å²) in [6.07, 6.45) is -1.55. The van der Waals surface area contributed by atoms with Gasteiger partial charge in [-0.2, -0.15) is 0 Å². The van der Waals surface area contributed by atoms with Gasteiger partial charge in [0.25, 0.3) is 0 Å². The Labute approximate surface area is 154 Å². The van der Waals surface area contributed by atoms with E-state index in [0.717, 1.165) is 0 Å². The first-order chi connectivity index (χ1) is 12.8. The second-order valence-corrected chi connectivity index (χ2v) is 8.41. The summed E-state index contributed by atoms with van der Waals surface area (Å²) in [7, 11) is -3.76. The number of imidazole rings is 2. The largest absolute Gasteiger partial charge is 0.385 e. The number of aromatic amines is 2. The zero-order valence-corrected chi connectivity index (χ0v) is 15.4. The lowest BCUT2D eigenvalue weighted by atomic mass is 10.3. The van der Waals surface area contributed by atoms with Crippen molar-refractivity contribution in [3.05, 3.63) is 48.0 Å². The van der Waals surface area contributed by atoms with Crippen molar-refractivity contribution in [2.75, 3.05) is 0 Å². The second-order valence-electron chi connectivity index (χ2n) is 6.46. The Bertz CT molecular complexity index is 1160. The van der Waals surface area contributed by atoms with Crippen molar-refractivity contribution >= 4 is 31.9 Å². The molecule has 9 heteroatoms. The molecule has 4 aromatic rings. The van der Waals surface area contributed by atoms with Crippen LogP contribution in [0.25, 0.3) is 22.1 Å². The first kappa shape index (κ1) is 17.7. The van der Waals surface area contributed by atoms with Gasteiger partial charge in [-0.05, 0) is 50.2 Å². The van der Waals surface area contributed by atoms with Gasteiger partial charge >= 0.3 is 0 Å². The van der Waals surface area contributed by atoms with Gasteiger partial charge in [0.15, 0.2) is 0 Å². The maximum Gasteiger partial charge on any atom is 0.206 e. The highest BCUT2D eigenvalue weighted by Gasteiger charge is 2.20. The van der Waals surface area contributed by atoms with Crippen molar-refractivity contribution in [1.29, 1.82) is 0 Å². The molecular formula is C18H18N4O4S. The van der Waals surface area contributed by atoms with Crippen LogP contribution in [0.2, 0.25) is 0 Å². The fourth-order valence-electron chi connectivity index (χ4n) is 2.88. The first-order valence-electron chi connectivity index (χ1n) is 8.36. The van der Waals surface area contributed by atoms with E-state index in [0.29, 0.717) is 33.7 Å². The average Bonchev–Trinajstić information content (AvgIpc) is 3.24. The van der Waals surface area contributed by atoms with Crippen LogP contribution >= 0.6 is 0 Å². The van der Waals surface area contributed by atoms with Gasteiger partial charge in [0, 0.05) is 0 Å². The number of rotatable bonds is 4. The van der Waals surface area contributed by atoms with E-state index in [1.54, 1.807) is 26.0 Å². The van der Waals surface area contributed by atoms with Crippen LogP contribution in [0.4, 0.5) is 0 Å². The Morgan fingerprint density at radius 1 is 0.815 bits per heavy atom. The Morgan fingerprint density at radius 3 is 1.59 bits per heavy atom. The monoisotopic (exact) mass is 386 g/mol.